The third kappa shape index (κ3) is 2.92. The van der Waals surface area contributed by atoms with Crippen LogP contribution >= 0.6 is 11.6 Å². The number of hydrogen-bond acceptors (Lipinski definition) is 6. The molecule has 0 aromatic carbocycles. The topological polar surface area (TPSA) is 71.8 Å². The monoisotopic (exact) mass is 307 g/mol. The Morgan fingerprint density at radius 3 is 2.43 bits per heavy atom. The average Bonchev–Trinajstić information content (AvgIpc) is 2.87. The highest BCUT2D eigenvalue weighted by atomic mass is 35.5. The Morgan fingerprint density at radius 1 is 1.10 bits per heavy atom. The number of hydrogen-bond donors (Lipinski definition) is 1. The summed E-state index contributed by atoms with van der Waals surface area (Å²) in [6.07, 6.45) is 5.32. The zero-order valence-electron chi connectivity index (χ0n) is 12.2. The fraction of sp³-hybridized carbons (Fsp3) is 0.538. The summed E-state index contributed by atoms with van der Waals surface area (Å²) in [7, 11) is 1.79. The number of rotatable bonds is 3. The predicted octanol–water partition coefficient (Wildman–Crippen LogP) is 2.05. The van der Waals surface area contributed by atoms with Gasteiger partial charge >= 0.3 is 0 Å². The summed E-state index contributed by atoms with van der Waals surface area (Å²) in [5.74, 6) is 1.70. The van der Waals surface area contributed by atoms with Crippen LogP contribution in [0.15, 0.2) is 6.20 Å². The SMILES string of the molecule is CNc1nc(N2CCCCC2)nc(-n2cc(Cl)c(C)n2)n1. The van der Waals surface area contributed by atoms with Crippen LogP contribution in [0.2, 0.25) is 5.02 Å². The second kappa shape index (κ2) is 5.85. The Kier molecular flexibility index (Phi) is 3.92. The van der Waals surface area contributed by atoms with E-state index in [4.69, 9.17) is 11.6 Å². The molecule has 8 heteroatoms. The maximum absolute atomic E-state index is 6.06. The summed E-state index contributed by atoms with van der Waals surface area (Å²) in [5, 5.41) is 7.90. The van der Waals surface area contributed by atoms with Gasteiger partial charge in [0.15, 0.2) is 0 Å². The Hall–Kier alpha value is -1.89. The molecule has 0 atom stereocenters. The molecular weight excluding hydrogens is 290 g/mol. The van der Waals surface area contributed by atoms with Crippen molar-refractivity contribution in [2.24, 2.45) is 0 Å². The van der Waals surface area contributed by atoms with Gasteiger partial charge < -0.3 is 10.2 Å². The van der Waals surface area contributed by atoms with Crippen molar-refractivity contribution in [3.63, 3.8) is 0 Å². The third-order valence-electron chi connectivity index (χ3n) is 3.52. The van der Waals surface area contributed by atoms with Gasteiger partial charge in [-0.1, -0.05) is 11.6 Å². The third-order valence-corrected chi connectivity index (χ3v) is 3.89. The lowest BCUT2D eigenvalue weighted by Crippen LogP contribution is -2.31. The molecule has 0 spiro atoms. The quantitative estimate of drug-likeness (QED) is 0.935. The molecular formula is C13H18ClN7. The van der Waals surface area contributed by atoms with Crippen molar-refractivity contribution in [1.82, 2.24) is 24.7 Å². The van der Waals surface area contributed by atoms with Gasteiger partial charge in [-0.15, -0.1) is 0 Å². The number of anilines is 2. The highest BCUT2D eigenvalue weighted by Crippen LogP contribution is 2.19. The van der Waals surface area contributed by atoms with Crippen molar-refractivity contribution in [1.29, 1.82) is 0 Å². The van der Waals surface area contributed by atoms with E-state index in [0.29, 0.717) is 22.9 Å². The van der Waals surface area contributed by atoms with Crippen LogP contribution in [0.1, 0.15) is 25.0 Å². The molecule has 0 amide bonds. The van der Waals surface area contributed by atoms with E-state index in [-0.39, 0.29) is 0 Å². The lowest BCUT2D eigenvalue weighted by Gasteiger charge is -2.26. The fourth-order valence-corrected chi connectivity index (χ4v) is 2.48. The highest BCUT2D eigenvalue weighted by molar-refractivity contribution is 6.31. The molecule has 0 unspecified atom stereocenters. The summed E-state index contributed by atoms with van der Waals surface area (Å²) in [5.41, 5.74) is 0.752. The number of piperidine rings is 1. The lowest BCUT2D eigenvalue weighted by atomic mass is 10.1. The summed E-state index contributed by atoms with van der Waals surface area (Å²) < 4.78 is 1.59. The number of halogens is 1. The van der Waals surface area contributed by atoms with E-state index in [0.717, 1.165) is 18.8 Å². The van der Waals surface area contributed by atoms with Crippen molar-refractivity contribution < 1.29 is 0 Å². The predicted molar refractivity (Wildman–Crippen MR) is 82.3 cm³/mol. The first-order chi connectivity index (χ1) is 10.2. The van der Waals surface area contributed by atoms with E-state index >= 15 is 0 Å². The molecule has 7 nitrogen and oxygen atoms in total. The van der Waals surface area contributed by atoms with E-state index in [9.17, 15) is 0 Å². The van der Waals surface area contributed by atoms with Crippen LogP contribution < -0.4 is 10.2 Å². The smallest absolute Gasteiger partial charge is 0.257 e. The van der Waals surface area contributed by atoms with E-state index < -0.39 is 0 Å². The lowest BCUT2D eigenvalue weighted by molar-refractivity contribution is 0.566. The molecule has 2 aromatic rings. The van der Waals surface area contributed by atoms with Crippen LogP contribution in [0.3, 0.4) is 0 Å². The molecule has 0 saturated carbocycles. The number of aromatic nitrogens is 5. The normalized spacial score (nSPS) is 15.3. The first-order valence-corrected chi connectivity index (χ1v) is 7.46. The van der Waals surface area contributed by atoms with Gasteiger partial charge in [0, 0.05) is 20.1 Å². The molecule has 1 N–H and O–H groups in total. The molecule has 0 aliphatic carbocycles. The van der Waals surface area contributed by atoms with Crippen molar-refractivity contribution in [3.05, 3.63) is 16.9 Å². The van der Waals surface area contributed by atoms with E-state index in [2.05, 4.69) is 30.3 Å². The van der Waals surface area contributed by atoms with Gasteiger partial charge in [0.05, 0.1) is 16.9 Å². The van der Waals surface area contributed by atoms with Crippen molar-refractivity contribution in [3.8, 4) is 5.95 Å². The zero-order chi connectivity index (χ0) is 14.8. The van der Waals surface area contributed by atoms with Crippen molar-refractivity contribution >= 4 is 23.5 Å². The number of nitrogens with one attached hydrogen (secondary N) is 1. The Balaban J connectivity index is 1.99. The van der Waals surface area contributed by atoms with Gasteiger partial charge in [-0.2, -0.15) is 20.1 Å². The van der Waals surface area contributed by atoms with Gasteiger partial charge in [0.25, 0.3) is 5.95 Å². The Morgan fingerprint density at radius 2 is 1.81 bits per heavy atom. The van der Waals surface area contributed by atoms with Crippen LogP contribution in [0.4, 0.5) is 11.9 Å². The second-order valence-corrected chi connectivity index (χ2v) is 5.47. The molecule has 1 fully saturated rings. The van der Waals surface area contributed by atoms with Gasteiger partial charge in [0.2, 0.25) is 11.9 Å². The maximum Gasteiger partial charge on any atom is 0.257 e. The standard InChI is InChI=1S/C13H18ClN7/c1-9-10(14)8-21(19-9)13-17-11(15-2)16-12(18-13)20-6-4-3-5-7-20/h8H,3-7H2,1-2H3,(H,15,16,17,18). The number of aryl methyl sites for hydroxylation is 1. The minimum absolute atomic E-state index is 0.477. The van der Waals surface area contributed by atoms with E-state index in [1.807, 2.05) is 6.92 Å². The highest BCUT2D eigenvalue weighted by Gasteiger charge is 2.17. The molecule has 1 saturated heterocycles. The Bertz CT molecular complexity index is 614. The largest absolute Gasteiger partial charge is 0.357 e. The molecule has 21 heavy (non-hydrogen) atoms. The van der Waals surface area contributed by atoms with Gasteiger partial charge in [0.1, 0.15) is 0 Å². The minimum atomic E-state index is 0.477. The van der Waals surface area contributed by atoms with Crippen LogP contribution in [0.5, 0.6) is 0 Å². The van der Waals surface area contributed by atoms with Crippen LogP contribution in [-0.2, 0) is 0 Å². The summed E-state index contributed by atoms with van der Waals surface area (Å²) in [4.78, 5) is 15.5. The van der Waals surface area contributed by atoms with Crippen molar-refractivity contribution in [2.45, 2.75) is 26.2 Å². The van der Waals surface area contributed by atoms with E-state index in [1.54, 1.807) is 17.9 Å². The fourth-order valence-electron chi connectivity index (χ4n) is 2.34. The molecule has 2 aromatic heterocycles. The number of nitrogens with zero attached hydrogens (tertiary/aromatic N) is 6. The molecule has 3 rings (SSSR count). The molecule has 112 valence electrons. The molecule has 1 aliphatic heterocycles. The summed E-state index contributed by atoms with van der Waals surface area (Å²) in [6, 6.07) is 0. The van der Waals surface area contributed by atoms with Crippen molar-refractivity contribution in [2.75, 3.05) is 30.4 Å². The van der Waals surface area contributed by atoms with Crippen LogP contribution in [0, 0.1) is 6.92 Å². The molecule has 3 heterocycles. The van der Waals surface area contributed by atoms with Gasteiger partial charge in [-0.25, -0.2) is 4.68 Å². The van der Waals surface area contributed by atoms with E-state index in [1.165, 1.54) is 19.3 Å². The van der Waals surface area contributed by atoms with Crippen LogP contribution in [0.25, 0.3) is 5.95 Å². The summed E-state index contributed by atoms with van der Waals surface area (Å²) in [6.45, 7) is 3.81. The maximum atomic E-state index is 6.06. The molecule has 0 radical (unpaired) electrons. The van der Waals surface area contributed by atoms with Crippen LogP contribution in [-0.4, -0.2) is 44.9 Å². The summed E-state index contributed by atoms with van der Waals surface area (Å²) >= 11 is 6.06. The second-order valence-electron chi connectivity index (χ2n) is 5.06. The first-order valence-electron chi connectivity index (χ1n) is 7.08. The first kappa shape index (κ1) is 14.1. The minimum Gasteiger partial charge on any atom is -0.357 e. The molecule has 1 aliphatic rings. The Labute approximate surface area is 128 Å². The average molecular weight is 308 g/mol. The molecule has 0 bridgehead atoms. The van der Waals surface area contributed by atoms with Gasteiger partial charge in [-0.3, -0.25) is 0 Å². The zero-order valence-corrected chi connectivity index (χ0v) is 12.9. The van der Waals surface area contributed by atoms with Gasteiger partial charge in [-0.05, 0) is 26.2 Å².